The molecule has 0 aliphatic rings. The van der Waals surface area contributed by atoms with E-state index in [0.29, 0.717) is 13.0 Å². The van der Waals surface area contributed by atoms with Crippen LogP contribution in [-0.2, 0) is 11.3 Å². The first kappa shape index (κ1) is 16.4. The molecule has 1 aromatic carbocycles. The Kier molecular flexibility index (Phi) is 5.08. The molecule has 118 valence electrons. The largest absolute Gasteiger partial charge is 0.480 e. The zero-order valence-corrected chi connectivity index (χ0v) is 13.3. The molecule has 0 bridgehead atoms. The average molecular weight is 301 g/mol. The van der Waals surface area contributed by atoms with Gasteiger partial charge < -0.3 is 10.4 Å². The van der Waals surface area contributed by atoms with Gasteiger partial charge in [-0.1, -0.05) is 26.8 Å². The van der Waals surface area contributed by atoms with Crippen molar-refractivity contribution in [2.24, 2.45) is 5.41 Å². The Morgan fingerprint density at radius 3 is 2.55 bits per heavy atom. The van der Waals surface area contributed by atoms with E-state index in [1.807, 2.05) is 18.2 Å². The lowest BCUT2D eigenvalue weighted by Gasteiger charge is -2.21. The van der Waals surface area contributed by atoms with E-state index in [9.17, 15) is 9.90 Å². The van der Waals surface area contributed by atoms with Crippen molar-refractivity contribution in [3.05, 3.63) is 36.2 Å². The fourth-order valence-corrected chi connectivity index (χ4v) is 2.25. The maximum Gasteiger partial charge on any atom is 0.320 e. The maximum absolute atomic E-state index is 11.4. The van der Waals surface area contributed by atoms with Crippen molar-refractivity contribution in [1.82, 2.24) is 15.3 Å². The molecule has 0 radical (unpaired) electrons. The lowest BCUT2D eigenvalue weighted by molar-refractivity contribution is -0.139. The zero-order chi connectivity index (χ0) is 16.2. The summed E-state index contributed by atoms with van der Waals surface area (Å²) in [5.41, 5.74) is 2.81. The van der Waals surface area contributed by atoms with Gasteiger partial charge in [0.1, 0.15) is 6.04 Å². The highest BCUT2D eigenvalue weighted by molar-refractivity contribution is 5.75. The van der Waals surface area contributed by atoms with E-state index in [4.69, 9.17) is 0 Å². The molecule has 1 atom stereocenters. The summed E-state index contributed by atoms with van der Waals surface area (Å²) < 4.78 is 0. The quantitative estimate of drug-likeness (QED) is 0.858. The van der Waals surface area contributed by atoms with Crippen molar-refractivity contribution >= 4 is 17.0 Å². The lowest BCUT2D eigenvalue weighted by Crippen LogP contribution is -2.37. The van der Waals surface area contributed by atoms with Gasteiger partial charge in [-0.25, -0.2) is 0 Å². The minimum atomic E-state index is -0.801. The first-order valence-electron chi connectivity index (χ1n) is 7.51. The van der Waals surface area contributed by atoms with Crippen molar-refractivity contribution in [3.8, 4) is 0 Å². The number of carboxylic acid groups (broad SMARTS) is 1. The topological polar surface area (TPSA) is 75.1 Å². The predicted molar refractivity (Wildman–Crippen MR) is 86.5 cm³/mol. The number of nitrogens with one attached hydrogen (secondary N) is 1. The van der Waals surface area contributed by atoms with E-state index in [-0.39, 0.29) is 5.41 Å². The molecule has 2 rings (SSSR count). The summed E-state index contributed by atoms with van der Waals surface area (Å²) in [6.45, 7) is 6.86. The molecule has 0 amide bonds. The summed E-state index contributed by atoms with van der Waals surface area (Å²) >= 11 is 0. The van der Waals surface area contributed by atoms with E-state index in [1.54, 1.807) is 12.4 Å². The number of nitrogens with zero attached hydrogens (tertiary/aromatic N) is 2. The van der Waals surface area contributed by atoms with Gasteiger partial charge in [-0.2, -0.15) is 0 Å². The van der Waals surface area contributed by atoms with Crippen LogP contribution >= 0.6 is 0 Å². The van der Waals surface area contributed by atoms with E-state index >= 15 is 0 Å². The Morgan fingerprint density at radius 1 is 1.23 bits per heavy atom. The van der Waals surface area contributed by atoms with Gasteiger partial charge >= 0.3 is 5.97 Å². The molecule has 22 heavy (non-hydrogen) atoms. The number of fused-ring (bicyclic) bond motifs is 1. The van der Waals surface area contributed by atoms with E-state index in [0.717, 1.165) is 23.0 Å². The van der Waals surface area contributed by atoms with Crippen LogP contribution in [0.1, 0.15) is 39.2 Å². The monoisotopic (exact) mass is 301 g/mol. The van der Waals surface area contributed by atoms with E-state index in [2.05, 4.69) is 36.1 Å². The molecule has 1 heterocycles. The smallest absolute Gasteiger partial charge is 0.320 e. The molecule has 0 fully saturated rings. The molecular formula is C17H23N3O2. The average Bonchev–Trinajstić information content (AvgIpc) is 2.45. The third-order valence-corrected chi connectivity index (χ3v) is 3.57. The van der Waals surface area contributed by atoms with Gasteiger partial charge in [0, 0.05) is 18.9 Å². The minimum absolute atomic E-state index is 0.133. The number of carboxylic acids is 1. The highest BCUT2D eigenvalue weighted by atomic mass is 16.4. The summed E-state index contributed by atoms with van der Waals surface area (Å²) in [4.78, 5) is 19.9. The standard InChI is InChI=1S/C17H23N3O2/c1-17(2,3)7-6-14(16(21)22)20-11-12-4-5-13-15(10-12)19-9-8-18-13/h4-5,8-10,14,20H,6-7,11H2,1-3H3,(H,21,22)/t14-/m0/s1. The summed E-state index contributed by atoms with van der Waals surface area (Å²) in [5, 5.41) is 12.5. The number of hydrogen-bond acceptors (Lipinski definition) is 4. The van der Waals surface area contributed by atoms with Crippen LogP contribution in [-0.4, -0.2) is 27.1 Å². The molecule has 0 spiro atoms. The zero-order valence-electron chi connectivity index (χ0n) is 13.3. The van der Waals surface area contributed by atoms with Crippen molar-refractivity contribution in [3.63, 3.8) is 0 Å². The molecule has 2 aromatic rings. The van der Waals surface area contributed by atoms with Crippen molar-refractivity contribution in [2.75, 3.05) is 0 Å². The molecule has 5 heteroatoms. The number of benzene rings is 1. The van der Waals surface area contributed by atoms with Crippen molar-refractivity contribution < 1.29 is 9.90 Å². The predicted octanol–water partition coefficient (Wildman–Crippen LogP) is 3.00. The molecule has 0 unspecified atom stereocenters. The SMILES string of the molecule is CC(C)(C)CC[C@H](NCc1ccc2nccnc2c1)C(=O)O. The second kappa shape index (κ2) is 6.83. The van der Waals surface area contributed by atoms with Crippen LogP contribution in [0.3, 0.4) is 0 Å². The van der Waals surface area contributed by atoms with Crippen LogP contribution in [0, 0.1) is 5.41 Å². The van der Waals surface area contributed by atoms with Gasteiger partial charge in [0.05, 0.1) is 11.0 Å². The maximum atomic E-state index is 11.4. The molecule has 5 nitrogen and oxygen atoms in total. The Hall–Kier alpha value is -2.01. The number of rotatable bonds is 6. The van der Waals surface area contributed by atoms with Crippen LogP contribution in [0.25, 0.3) is 11.0 Å². The van der Waals surface area contributed by atoms with Gasteiger partial charge in [0.15, 0.2) is 0 Å². The van der Waals surface area contributed by atoms with E-state index in [1.165, 1.54) is 0 Å². The number of aliphatic carboxylic acids is 1. The van der Waals surface area contributed by atoms with Crippen molar-refractivity contribution in [2.45, 2.75) is 46.2 Å². The third kappa shape index (κ3) is 4.77. The van der Waals surface area contributed by atoms with E-state index < -0.39 is 12.0 Å². The van der Waals surface area contributed by atoms with Gasteiger partial charge in [-0.15, -0.1) is 0 Å². The normalized spacial score (nSPS) is 13.2. The fourth-order valence-electron chi connectivity index (χ4n) is 2.25. The van der Waals surface area contributed by atoms with Gasteiger partial charge in [-0.05, 0) is 36.0 Å². The fraction of sp³-hybridized carbons (Fsp3) is 0.471. The Morgan fingerprint density at radius 2 is 1.91 bits per heavy atom. The van der Waals surface area contributed by atoms with Gasteiger partial charge in [0.25, 0.3) is 0 Å². The summed E-state index contributed by atoms with van der Waals surface area (Å²) in [6.07, 6.45) is 4.79. The second-order valence-electron chi connectivity index (χ2n) is 6.75. The minimum Gasteiger partial charge on any atom is -0.480 e. The highest BCUT2D eigenvalue weighted by Gasteiger charge is 2.20. The Bertz CT molecular complexity index is 650. The Balaban J connectivity index is 1.99. The molecule has 0 aliphatic carbocycles. The molecule has 1 aromatic heterocycles. The van der Waals surface area contributed by atoms with Crippen LogP contribution in [0.2, 0.25) is 0 Å². The van der Waals surface area contributed by atoms with Crippen LogP contribution in [0.15, 0.2) is 30.6 Å². The molecular weight excluding hydrogens is 278 g/mol. The number of carbonyl (C=O) groups is 1. The molecule has 0 aliphatic heterocycles. The number of aromatic nitrogens is 2. The Labute approximate surface area is 130 Å². The number of hydrogen-bond donors (Lipinski definition) is 2. The first-order valence-corrected chi connectivity index (χ1v) is 7.51. The lowest BCUT2D eigenvalue weighted by atomic mass is 9.88. The molecule has 0 saturated carbocycles. The van der Waals surface area contributed by atoms with Crippen LogP contribution in [0.4, 0.5) is 0 Å². The first-order chi connectivity index (χ1) is 10.3. The van der Waals surface area contributed by atoms with Gasteiger partial charge in [-0.3, -0.25) is 14.8 Å². The molecule has 2 N–H and O–H groups in total. The summed E-state index contributed by atoms with van der Waals surface area (Å²) in [6, 6.07) is 5.27. The second-order valence-corrected chi connectivity index (χ2v) is 6.75. The van der Waals surface area contributed by atoms with Gasteiger partial charge in [0.2, 0.25) is 0 Å². The van der Waals surface area contributed by atoms with Crippen LogP contribution < -0.4 is 5.32 Å². The summed E-state index contributed by atoms with van der Waals surface area (Å²) in [5.74, 6) is -0.801. The third-order valence-electron chi connectivity index (χ3n) is 3.57. The molecule has 0 saturated heterocycles. The van der Waals surface area contributed by atoms with Crippen LogP contribution in [0.5, 0.6) is 0 Å². The highest BCUT2D eigenvalue weighted by Crippen LogP contribution is 2.22. The van der Waals surface area contributed by atoms with Crippen molar-refractivity contribution in [1.29, 1.82) is 0 Å². The summed E-state index contributed by atoms with van der Waals surface area (Å²) in [7, 11) is 0.